The van der Waals surface area contributed by atoms with Gasteiger partial charge in [-0.15, -0.1) is 11.3 Å². The molecule has 0 fully saturated rings. The van der Waals surface area contributed by atoms with Crippen molar-refractivity contribution in [3.8, 4) is 11.1 Å². The normalized spacial score (nSPS) is 11.6. The van der Waals surface area contributed by atoms with Crippen molar-refractivity contribution in [3.05, 3.63) is 70.3 Å². The summed E-state index contributed by atoms with van der Waals surface area (Å²) >= 11 is 6.12. The van der Waals surface area contributed by atoms with Gasteiger partial charge in [-0.2, -0.15) is 13.2 Å². The van der Waals surface area contributed by atoms with Gasteiger partial charge in [-0.1, -0.05) is 45.9 Å². The summed E-state index contributed by atoms with van der Waals surface area (Å²) in [7, 11) is 0. The monoisotopic (exact) mass is 523 g/mol. The first-order valence-electron chi connectivity index (χ1n) is 8.89. The molecular weight excluding hydrogens is 511 g/mol. The number of hydrogen-bond donors (Lipinski definition) is 1. The molecule has 0 radical (unpaired) electrons. The summed E-state index contributed by atoms with van der Waals surface area (Å²) in [5.74, 6) is -0.422. The molecule has 0 aliphatic carbocycles. The highest BCUT2D eigenvalue weighted by molar-refractivity contribution is 9.10. The maximum absolute atomic E-state index is 12.9. The van der Waals surface area contributed by atoms with Crippen LogP contribution < -0.4 is 5.32 Å². The van der Waals surface area contributed by atoms with Gasteiger partial charge < -0.3 is 5.32 Å². The minimum absolute atomic E-state index is 0.00200. The summed E-state index contributed by atoms with van der Waals surface area (Å²) in [5, 5.41) is 6.00. The lowest BCUT2D eigenvalue weighted by Crippen LogP contribution is -2.15. The average molecular weight is 524 g/mol. The molecule has 1 amide bonds. The number of nitrogens with zero attached hydrogens (tertiary/aromatic N) is 2. The average Bonchev–Trinajstić information content (AvgIpc) is 3.17. The Morgan fingerprint density at radius 2 is 1.90 bits per heavy atom. The number of aromatic nitrogens is 2. The first-order valence-corrected chi connectivity index (χ1v) is 11.5. The van der Waals surface area contributed by atoms with Crippen molar-refractivity contribution in [1.82, 2.24) is 9.97 Å². The third kappa shape index (κ3) is 5.08. The Bertz CT molecular complexity index is 1240. The third-order valence-electron chi connectivity index (χ3n) is 4.30. The van der Waals surface area contributed by atoms with E-state index < -0.39 is 17.6 Å². The Kier molecular flexibility index (Phi) is 6.31. The molecule has 0 aliphatic rings. The number of amides is 1. The standard InChI is InChI=1S/C21H13BrF3N3OS2/c22-14-6-4-12(5-7-14)16-9-30-19-18(16)20(27-11-26-19)31-10-17(29)28-15-3-1-2-13(8-15)21(23,24)25/h1-9,11H,10H2,(H,28,29). The number of benzene rings is 2. The van der Waals surface area contributed by atoms with E-state index in [0.29, 0.717) is 5.03 Å². The number of nitrogens with one attached hydrogen (secondary N) is 1. The molecule has 0 spiro atoms. The number of alkyl halides is 3. The Labute approximate surface area is 192 Å². The number of carbonyl (C=O) groups excluding carboxylic acids is 1. The highest BCUT2D eigenvalue weighted by atomic mass is 79.9. The lowest BCUT2D eigenvalue weighted by atomic mass is 10.1. The highest BCUT2D eigenvalue weighted by Crippen LogP contribution is 2.38. The summed E-state index contributed by atoms with van der Waals surface area (Å²) < 4.78 is 39.5. The molecule has 4 rings (SSSR count). The highest BCUT2D eigenvalue weighted by Gasteiger charge is 2.30. The van der Waals surface area contributed by atoms with E-state index in [2.05, 4.69) is 31.2 Å². The molecular formula is C21H13BrF3N3OS2. The van der Waals surface area contributed by atoms with Crippen LogP contribution in [0, 0.1) is 0 Å². The van der Waals surface area contributed by atoms with Crippen LogP contribution in [0.4, 0.5) is 18.9 Å². The SMILES string of the molecule is O=C(CSc1ncnc2scc(-c3ccc(Br)cc3)c12)Nc1cccc(C(F)(F)F)c1. The van der Waals surface area contributed by atoms with Gasteiger partial charge in [-0.3, -0.25) is 4.79 Å². The first kappa shape index (κ1) is 21.8. The molecule has 4 nitrogen and oxygen atoms in total. The molecule has 2 aromatic carbocycles. The van der Waals surface area contributed by atoms with Crippen LogP contribution in [-0.2, 0) is 11.0 Å². The van der Waals surface area contributed by atoms with Crippen molar-refractivity contribution in [2.75, 3.05) is 11.1 Å². The van der Waals surface area contributed by atoms with Gasteiger partial charge in [-0.25, -0.2) is 9.97 Å². The number of rotatable bonds is 5. The van der Waals surface area contributed by atoms with Crippen LogP contribution in [0.5, 0.6) is 0 Å². The van der Waals surface area contributed by atoms with Gasteiger partial charge >= 0.3 is 6.18 Å². The van der Waals surface area contributed by atoms with Gasteiger partial charge in [0.1, 0.15) is 16.2 Å². The maximum Gasteiger partial charge on any atom is 0.416 e. The largest absolute Gasteiger partial charge is 0.416 e. The van der Waals surface area contributed by atoms with E-state index in [-0.39, 0.29) is 11.4 Å². The molecule has 1 N–H and O–H groups in total. The van der Waals surface area contributed by atoms with E-state index in [9.17, 15) is 18.0 Å². The fourth-order valence-corrected chi connectivity index (χ4v) is 4.96. The number of anilines is 1. The maximum atomic E-state index is 12.9. The number of carbonyl (C=O) groups is 1. The Morgan fingerprint density at radius 3 is 2.65 bits per heavy atom. The van der Waals surface area contributed by atoms with Crippen LogP contribution >= 0.6 is 39.0 Å². The van der Waals surface area contributed by atoms with E-state index >= 15 is 0 Å². The number of thioether (sulfide) groups is 1. The zero-order valence-electron chi connectivity index (χ0n) is 15.6. The van der Waals surface area contributed by atoms with Crippen molar-refractivity contribution in [2.45, 2.75) is 11.2 Å². The van der Waals surface area contributed by atoms with Gasteiger partial charge in [0.2, 0.25) is 5.91 Å². The van der Waals surface area contributed by atoms with Crippen LogP contribution in [0.15, 0.2) is 69.7 Å². The zero-order chi connectivity index (χ0) is 22.0. The summed E-state index contributed by atoms with van der Waals surface area (Å²) in [6.07, 6.45) is -3.03. The molecule has 0 aliphatic heterocycles. The van der Waals surface area contributed by atoms with Gasteiger partial charge in [0, 0.05) is 21.1 Å². The second-order valence-corrected chi connectivity index (χ2v) is 9.17. The Hall–Kier alpha value is -2.43. The number of fused-ring (bicyclic) bond motifs is 1. The number of hydrogen-bond acceptors (Lipinski definition) is 5. The quantitative estimate of drug-likeness (QED) is 0.229. The predicted molar refractivity (Wildman–Crippen MR) is 121 cm³/mol. The van der Waals surface area contributed by atoms with Crippen LogP contribution in [-0.4, -0.2) is 21.6 Å². The number of thiophene rings is 1. The van der Waals surface area contributed by atoms with E-state index in [1.54, 1.807) is 0 Å². The van der Waals surface area contributed by atoms with Gasteiger partial charge in [0.15, 0.2) is 0 Å². The van der Waals surface area contributed by atoms with Crippen molar-refractivity contribution >= 4 is 60.8 Å². The molecule has 0 bridgehead atoms. The van der Waals surface area contributed by atoms with Crippen molar-refractivity contribution in [2.24, 2.45) is 0 Å². The lowest BCUT2D eigenvalue weighted by Gasteiger charge is -2.10. The van der Waals surface area contributed by atoms with Gasteiger partial charge in [0.05, 0.1) is 16.7 Å². The first-order chi connectivity index (χ1) is 14.8. The van der Waals surface area contributed by atoms with Gasteiger partial charge in [0.25, 0.3) is 0 Å². The molecule has 0 saturated carbocycles. The van der Waals surface area contributed by atoms with Crippen molar-refractivity contribution in [3.63, 3.8) is 0 Å². The minimum Gasteiger partial charge on any atom is -0.325 e. The van der Waals surface area contributed by atoms with Crippen molar-refractivity contribution < 1.29 is 18.0 Å². The summed E-state index contributed by atoms with van der Waals surface area (Å²) in [5.41, 5.74) is 1.25. The van der Waals surface area contributed by atoms with Crippen LogP contribution in [0.1, 0.15) is 5.56 Å². The summed E-state index contributed by atoms with van der Waals surface area (Å²) in [4.78, 5) is 21.8. The van der Waals surface area contributed by atoms with Crippen molar-refractivity contribution in [1.29, 1.82) is 0 Å². The second kappa shape index (κ2) is 8.97. The lowest BCUT2D eigenvalue weighted by molar-refractivity contribution is -0.137. The molecule has 158 valence electrons. The van der Waals surface area contributed by atoms with E-state index in [0.717, 1.165) is 37.9 Å². The zero-order valence-corrected chi connectivity index (χ0v) is 18.8. The summed E-state index contributed by atoms with van der Waals surface area (Å²) in [6.45, 7) is 0. The molecule has 31 heavy (non-hydrogen) atoms. The van der Waals surface area contributed by atoms with Gasteiger partial charge in [-0.05, 0) is 35.9 Å². The van der Waals surface area contributed by atoms with Crippen LogP contribution in [0.3, 0.4) is 0 Å². The second-order valence-electron chi connectivity index (χ2n) is 6.43. The predicted octanol–water partition coefficient (Wildman–Crippen LogP) is 6.87. The van der Waals surface area contributed by atoms with E-state index in [1.807, 2.05) is 29.6 Å². The fourth-order valence-electron chi connectivity index (χ4n) is 2.90. The molecule has 0 saturated heterocycles. The molecule has 2 aromatic heterocycles. The summed E-state index contributed by atoms with van der Waals surface area (Å²) in [6, 6.07) is 12.4. The Morgan fingerprint density at radius 1 is 1.13 bits per heavy atom. The van der Waals surface area contributed by atoms with E-state index in [4.69, 9.17) is 0 Å². The fraction of sp³-hybridized carbons (Fsp3) is 0.0952. The molecule has 0 atom stereocenters. The topological polar surface area (TPSA) is 54.9 Å². The molecule has 10 heteroatoms. The van der Waals surface area contributed by atoms with Crippen LogP contribution in [0.2, 0.25) is 0 Å². The minimum atomic E-state index is -4.47. The van der Waals surface area contributed by atoms with Crippen LogP contribution in [0.25, 0.3) is 21.3 Å². The molecule has 0 unspecified atom stereocenters. The van der Waals surface area contributed by atoms with E-state index in [1.165, 1.54) is 41.6 Å². The number of halogens is 4. The molecule has 4 aromatic rings. The third-order valence-corrected chi connectivity index (χ3v) is 6.71. The smallest absolute Gasteiger partial charge is 0.325 e. The molecule has 2 heterocycles. The Balaban J connectivity index is 1.52.